The van der Waals surface area contributed by atoms with Crippen molar-refractivity contribution in [1.82, 2.24) is 10.2 Å². The average molecular weight is 260 g/mol. The number of carboxylic acid groups (broad SMARTS) is 1. The van der Waals surface area contributed by atoms with Crippen LogP contribution in [-0.4, -0.2) is 59.6 Å². The van der Waals surface area contributed by atoms with E-state index in [0.717, 1.165) is 18.1 Å². The maximum absolute atomic E-state index is 11.8. The maximum atomic E-state index is 11.8. The smallest absolute Gasteiger partial charge is 0.303 e. The molecule has 1 unspecified atom stereocenters. The van der Waals surface area contributed by atoms with Crippen LogP contribution < -0.4 is 5.32 Å². The van der Waals surface area contributed by atoms with Crippen LogP contribution >= 0.6 is 11.8 Å². The molecule has 17 heavy (non-hydrogen) atoms. The summed E-state index contributed by atoms with van der Waals surface area (Å²) in [5.74, 6) is 1.37. The van der Waals surface area contributed by atoms with E-state index < -0.39 is 5.97 Å². The number of rotatable bonds is 6. The number of aliphatic carboxylic acids is 1. The van der Waals surface area contributed by atoms with Crippen LogP contribution in [0, 0.1) is 0 Å². The Morgan fingerprint density at radius 3 is 2.88 bits per heavy atom. The van der Waals surface area contributed by atoms with Crippen LogP contribution in [0.5, 0.6) is 0 Å². The van der Waals surface area contributed by atoms with E-state index in [0.29, 0.717) is 19.4 Å². The lowest BCUT2D eigenvalue weighted by molar-refractivity contribution is -0.138. The Bertz CT molecular complexity index is 267. The number of nitrogens with one attached hydrogen (secondary N) is 1. The molecule has 0 spiro atoms. The Hall–Kier alpha value is -0.750. The van der Waals surface area contributed by atoms with Gasteiger partial charge in [0.05, 0.1) is 0 Å². The summed E-state index contributed by atoms with van der Waals surface area (Å²) in [5.41, 5.74) is 0. The third kappa shape index (κ3) is 5.93. The Morgan fingerprint density at radius 1 is 1.53 bits per heavy atom. The monoisotopic (exact) mass is 260 g/mol. The van der Waals surface area contributed by atoms with Gasteiger partial charge in [0.2, 0.25) is 5.91 Å². The third-order valence-electron chi connectivity index (χ3n) is 2.73. The summed E-state index contributed by atoms with van der Waals surface area (Å²) in [4.78, 5) is 23.8. The molecule has 2 N–H and O–H groups in total. The second-order valence-corrected chi connectivity index (χ2v) is 5.39. The molecule has 0 bridgehead atoms. The van der Waals surface area contributed by atoms with Crippen LogP contribution in [0.25, 0.3) is 0 Å². The van der Waals surface area contributed by atoms with Gasteiger partial charge in [-0.25, -0.2) is 0 Å². The zero-order chi connectivity index (χ0) is 12.7. The standard InChI is InChI=1S/C11H20N2O3S/c1-13(5-2-3-11(15)16)10(14)7-9-8-17-6-4-12-9/h9,12H,2-8H2,1H3,(H,15,16). The van der Waals surface area contributed by atoms with E-state index in [-0.39, 0.29) is 18.4 Å². The Kier molecular flexibility index (Phi) is 6.36. The minimum absolute atomic E-state index is 0.0930. The topological polar surface area (TPSA) is 69.6 Å². The first-order valence-corrected chi connectivity index (χ1v) is 7.02. The van der Waals surface area contributed by atoms with Gasteiger partial charge in [0, 0.05) is 50.5 Å². The molecule has 1 aliphatic rings. The molecule has 1 fully saturated rings. The summed E-state index contributed by atoms with van der Waals surface area (Å²) in [6.07, 6.45) is 1.15. The largest absolute Gasteiger partial charge is 0.481 e. The van der Waals surface area contributed by atoms with E-state index in [2.05, 4.69) is 5.32 Å². The molecule has 0 aromatic rings. The van der Waals surface area contributed by atoms with Gasteiger partial charge in [0.15, 0.2) is 0 Å². The van der Waals surface area contributed by atoms with Gasteiger partial charge in [0.1, 0.15) is 0 Å². The molecule has 0 aromatic carbocycles. The zero-order valence-electron chi connectivity index (χ0n) is 10.1. The van der Waals surface area contributed by atoms with Crippen molar-refractivity contribution in [2.24, 2.45) is 0 Å². The predicted molar refractivity (Wildman–Crippen MR) is 68.2 cm³/mol. The fourth-order valence-corrected chi connectivity index (χ4v) is 2.66. The summed E-state index contributed by atoms with van der Waals surface area (Å²) in [6.45, 7) is 1.48. The van der Waals surface area contributed by atoms with E-state index in [4.69, 9.17) is 5.11 Å². The number of carbonyl (C=O) groups excluding carboxylic acids is 1. The summed E-state index contributed by atoms with van der Waals surface area (Å²) in [7, 11) is 1.74. The molecule has 1 aliphatic heterocycles. The van der Waals surface area contributed by atoms with Crippen molar-refractivity contribution in [3.63, 3.8) is 0 Å². The number of carbonyl (C=O) groups is 2. The Morgan fingerprint density at radius 2 is 2.29 bits per heavy atom. The van der Waals surface area contributed by atoms with E-state index in [1.165, 1.54) is 0 Å². The summed E-state index contributed by atoms with van der Waals surface area (Å²) in [5, 5.41) is 11.8. The molecule has 1 atom stereocenters. The molecule has 0 radical (unpaired) electrons. The first kappa shape index (κ1) is 14.3. The summed E-state index contributed by atoms with van der Waals surface area (Å²) < 4.78 is 0. The van der Waals surface area contributed by atoms with Crippen LogP contribution in [0.4, 0.5) is 0 Å². The van der Waals surface area contributed by atoms with Crippen LogP contribution in [-0.2, 0) is 9.59 Å². The number of nitrogens with zero attached hydrogens (tertiary/aromatic N) is 1. The normalized spacial score (nSPS) is 19.9. The van der Waals surface area contributed by atoms with Gasteiger partial charge in [-0.1, -0.05) is 0 Å². The molecule has 0 aromatic heterocycles. The van der Waals surface area contributed by atoms with E-state index >= 15 is 0 Å². The van der Waals surface area contributed by atoms with Gasteiger partial charge in [-0.3, -0.25) is 9.59 Å². The Labute approximate surface area is 106 Å². The number of hydrogen-bond donors (Lipinski definition) is 2. The minimum atomic E-state index is -0.809. The van der Waals surface area contributed by atoms with E-state index in [9.17, 15) is 9.59 Å². The lowest BCUT2D eigenvalue weighted by atomic mass is 10.2. The molecule has 1 saturated heterocycles. The van der Waals surface area contributed by atoms with E-state index in [1.807, 2.05) is 11.8 Å². The quantitative estimate of drug-likeness (QED) is 0.723. The van der Waals surface area contributed by atoms with Crippen molar-refractivity contribution in [2.75, 3.05) is 31.6 Å². The molecule has 98 valence electrons. The maximum Gasteiger partial charge on any atom is 0.303 e. The van der Waals surface area contributed by atoms with Gasteiger partial charge >= 0.3 is 5.97 Å². The van der Waals surface area contributed by atoms with Gasteiger partial charge in [-0.05, 0) is 6.42 Å². The van der Waals surface area contributed by atoms with Crippen LogP contribution in [0.3, 0.4) is 0 Å². The van der Waals surface area contributed by atoms with Crippen molar-refractivity contribution in [3.8, 4) is 0 Å². The number of hydrogen-bond acceptors (Lipinski definition) is 4. The van der Waals surface area contributed by atoms with Gasteiger partial charge in [-0.15, -0.1) is 0 Å². The highest BCUT2D eigenvalue weighted by atomic mass is 32.2. The number of carboxylic acids is 1. The molecule has 5 nitrogen and oxygen atoms in total. The molecule has 1 amide bonds. The second kappa shape index (κ2) is 7.55. The molecule has 0 saturated carbocycles. The van der Waals surface area contributed by atoms with Crippen LogP contribution in [0.2, 0.25) is 0 Å². The Balaban J connectivity index is 2.18. The van der Waals surface area contributed by atoms with Gasteiger partial charge in [-0.2, -0.15) is 11.8 Å². The molecule has 1 rings (SSSR count). The molecule has 0 aliphatic carbocycles. The first-order valence-electron chi connectivity index (χ1n) is 5.86. The lowest BCUT2D eigenvalue weighted by Gasteiger charge is -2.25. The highest BCUT2D eigenvalue weighted by Crippen LogP contribution is 2.11. The minimum Gasteiger partial charge on any atom is -0.481 e. The number of thioether (sulfide) groups is 1. The second-order valence-electron chi connectivity index (χ2n) is 4.24. The highest BCUT2D eigenvalue weighted by molar-refractivity contribution is 7.99. The summed E-state index contributed by atoms with van der Waals surface area (Å²) in [6, 6.07) is 0.267. The van der Waals surface area contributed by atoms with Gasteiger partial charge < -0.3 is 15.3 Å². The van der Waals surface area contributed by atoms with Crippen molar-refractivity contribution >= 4 is 23.6 Å². The SMILES string of the molecule is CN(CCCC(=O)O)C(=O)CC1CSCCN1. The first-order chi connectivity index (χ1) is 8.09. The molecule has 6 heteroatoms. The summed E-state index contributed by atoms with van der Waals surface area (Å²) >= 11 is 1.87. The average Bonchev–Trinajstić information content (AvgIpc) is 2.29. The zero-order valence-corrected chi connectivity index (χ0v) is 11.0. The molecular weight excluding hydrogens is 240 g/mol. The van der Waals surface area contributed by atoms with Crippen molar-refractivity contribution in [1.29, 1.82) is 0 Å². The van der Waals surface area contributed by atoms with Crippen molar-refractivity contribution in [2.45, 2.75) is 25.3 Å². The third-order valence-corrected chi connectivity index (χ3v) is 3.86. The number of amides is 1. The fraction of sp³-hybridized carbons (Fsp3) is 0.818. The van der Waals surface area contributed by atoms with Crippen molar-refractivity contribution in [3.05, 3.63) is 0 Å². The molecule has 1 heterocycles. The fourth-order valence-electron chi connectivity index (χ4n) is 1.71. The van der Waals surface area contributed by atoms with Crippen LogP contribution in [0.15, 0.2) is 0 Å². The van der Waals surface area contributed by atoms with Crippen LogP contribution in [0.1, 0.15) is 19.3 Å². The highest BCUT2D eigenvalue weighted by Gasteiger charge is 2.18. The van der Waals surface area contributed by atoms with Crippen molar-refractivity contribution < 1.29 is 14.7 Å². The van der Waals surface area contributed by atoms with E-state index in [1.54, 1.807) is 11.9 Å². The predicted octanol–water partition coefficient (Wildman–Crippen LogP) is 0.405. The molecular formula is C11H20N2O3S. The lowest BCUT2D eigenvalue weighted by Crippen LogP contribution is -2.42. The van der Waals surface area contributed by atoms with Gasteiger partial charge in [0.25, 0.3) is 0 Å².